The van der Waals surface area contributed by atoms with Crippen LogP contribution in [0.3, 0.4) is 0 Å². The van der Waals surface area contributed by atoms with E-state index >= 15 is 0 Å². The molecule has 0 spiro atoms. The summed E-state index contributed by atoms with van der Waals surface area (Å²) in [5.74, 6) is -0.445. The maximum atomic E-state index is 10.6. The van der Waals surface area contributed by atoms with Gasteiger partial charge in [-0.15, -0.1) is 11.3 Å². The first-order chi connectivity index (χ1) is 9.54. The Morgan fingerprint density at radius 1 is 1.55 bits per heavy atom. The third-order valence-corrected chi connectivity index (χ3v) is 4.07. The number of aryl methyl sites for hydroxylation is 1. The van der Waals surface area contributed by atoms with E-state index in [9.17, 15) is 4.79 Å². The number of nitrogens with zero attached hydrogens (tertiary/aromatic N) is 1. The van der Waals surface area contributed by atoms with Gasteiger partial charge in [-0.25, -0.2) is 9.78 Å². The summed E-state index contributed by atoms with van der Waals surface area (Å²) < 4.78 is 6.73. The van der Waals surface area contributed by atoms with Crippen LogP contribution in [0.25, 0.3) is 6.08 Å². The Balaban J connectivity index is 2.15. The molecule has 2 heterocycles. The van der Waals surface area contributed by atoms with Crippen molar-refractivity contribution in [3.05, 3.63) is 50.4 Å². The number of pyridine rings is 1. The van der Waals surface area contributed by atoms with Gasteiger partial charge in [-0.1, -0.05) is 0 Å². The highest BCUT2D eigenvalue weighted by atomic mass is 79.9. The number of ether oxygens (including phenoxy) is 1. The molecule has 0 aliphatic heterocycles. The molecule has 0 bridgehead atoms. The lowest BCUT2D eigenvalue weighted by molar-refractivity contribution is -0.131. The Morgan fingerprint density at radius 3 is 3.00 bits per heavy atom. The van der Waals surface area contributed by atoms with E-state index < -0.39 is 5.97 Å². The van der Waals surface area contributed by atoms with Gasteiger partial charge in [0.25, 0.3) is 0 Å². The lowest BCUT2D eigenvalue weighted by Gasteiger charge is -2.08. The highest BCUT2D eigenvalue weighted by Crippen LogP contribution is 2.24. The number of hydrogen-bond donors (Lipinski definition) is 1. The van der Waals surface area contributed by atoms with Crippen LogP contribution in [0, 0.1) is 6.92 Å². The molecule has 0 fully saturated rings. The molecule has 6 heteroatoms. The molecule has 0 aliphatic carbocycles. The number of carbonyl (C=O) groups is 1. The molecule has 104 valence electrons. The summed E-state index contributed by atoms with van der Waals surface area (Å²) in [6.07, 6.45) is 2.49. The first-order valence-electron chi connectivity index (χ1n) is 5.79. The molecule has 1 N–H and O–H groups in total. The first-order valence-corrected chi connectivity index (χ1v) is 7.46. The third kappa shape index (κ3) is 4.18. The molecule has 0 atom stereocenters. The second-order valence-corrected chi connectivity index (χ2v) is 5.94. The number of halogens is 1. The number of rotatable bonds is 5. The predicted molar refractivity (Wildman–Crippen MR) is 82.0 cm³/mol. The second-order valence-electron chi connectivity index (χ2n) is 4.03. The number of aromatic nitrogens is 1. The quantitative estimate of drug-likeness (QED) is 0.828. The molecule has 0 aliphatic rings. The average Bonchev–Trinajstić information content (AvgIpc) is 2.81. The predicted octanol–water partition coefficient (Wildman–Crippen LogP) is 3.89. The normalized spacial score (nSPS) is 10.9. The lowest BCUT2D eigenvalue weighted by Crippen LogP contribution is -1.98. The summed E-state index contributed by atoms with van der Waals surface area (Å²) in [5, 5.41) is 10.7. The molecule has 2 aromatic heterocycles. The maximum Gasteiger partial charge on any atom is 0.328 e. The van der Waals surface area contributed by atoms with Gasteiger partial charge in [0.2, 0.25) is 0 Å². The molecule has 0 saturated heterocycles. The van der Waals surface area contributed by atoms with Crippen molar-refractivity contribution in [1.82, 2.24) is 4.98 Å². The molecule has 0 amide bonds. The van der Waals surface area contributed by atoms with Gasteiger partial charge in [-0.2, -0.15) is 0 Å². The van der Waals surface area contributed by atoms with Gasteiger partial charge >= 0.3 is 5.97 Å². The SMILES string of the molecule is Cc1ccc(OCc2cc(Br)cs2)c(C=CC(=O)O)n1. The van der Waals surface area contributed by atoms with Gasteiger partial charge in [0, 0.05) is 26.5 Å². The van der Waals surface area contributed by atoms with Crippen molar-refractivity contribution in [2.75, 3.05) is 0 Å². The minimum absolute atomic E-state index is 0.426. The van der Waals surface area contributed by atoms with Gasteiger partial charge in [0.15, 0.2) is 0 Å². The van der Waals surface area contributed by atoms with E-state index in [1.165, 1.54) is 6.08 Å². The smallest absolute Gasteiger partial charge is 0.328 e. The molecular weight excluding hydrogens is 342 g/mol. The zero-order valence-electron chi connectivity index (χ0n) is 10.7. The Kier molecular flexibility index (Phi) is 4.92. The Labute approximate surface area is 128 Å². The highest BCUT2D eigenvalue weighted by Gasteiger charge is 2.05. The van der Waals surface area contributed by atoms with Crippen molar-refractivity contribution in [3.63, 3.8) is 0 Å². The van der Waals surface area contributed by atoms with Crippen LogP contribution >= 0.6 is 27.3 Å². The molecule has 20 heavy (non-hydrogen) atoms. The van der Waals surface area contributed by atoms with Crippen molar-refractivity contribution in [1.29, 1.82) is 0 Å². The summed E-state index contributed by atoms with van der Waals surface area (Å²) in [7, 11) is 0. The van der Waals surface area contributed by atoms with Crippen molar-refractivity contribution < 1.29 is 14.6 Å². The van der Waals surface area contributed by atoms with Gasteiger partial charge in [-0.3, -0.25) is 0 Å². The number of thiophene rings is 1. The molecule has 0 unspecified atom stereocenters. The fraction of sp³-hybridized carbons (Fsp3) is 0.143. The topological polar surface area (TPSA) is 59.4 Å². The van der Waals surface area contributed by atoms with Crippen molar-refractivity contribution in [3.8, 4) is 5.75 Å². The van der Waals surface area contributed by atoms with Crippen LogP contribution in [0.1, 0.15) is 16.3 Å². The standard InChI is InChI=1S/C14H12BrNO3S/c1-9-2-4-13(12(16-9)3-5-14(17)18)19-7-11-6-10(15)8-20-11/h2-6,8H,7H2,1H3,(H,17,18). The highest BCUT2D eigenvalue weighted by molar-refractivity contribution is 9.10. The van der Waals surface area contributed by atoms with Gasteiger partial charge in [0.1, 0.15) is 18.1 Å². The largest absolute Gasteiger partial charge is 0.486 e. The Hall–Kier alpha value is -1.66. The summed E-state index contributed by atoms with van der Waals surface area (Å²) in [6.45, 7) is 2.27. The van der Waals surface area contributed by atoms with Crippen LogP contribution in [0.15, 0.2) is 34.1 Å². The number of carboxylic acid groups (broad SMARTS) is 1. The number of carboxylic acids is 1. The number of aliphatic carboxylic acids is 1. The van der Waals surface area contributed by atoms with Crippen molar-refractivity contribution >= 4 is 39.3 Å². The molecule has 0 saturated carbocycles. The zero-order valence-corrected chi connectivity index (χ0v) is 13.1. The Morgan fingerprint density at radius 2 is 2.35 bits per heavy atom. The molecule has 2 aromatic rings. The lowest BCUT2D eigenvalue weighted by atomic mass is 10.2. The van der Waals surface area contributed by atoms with Crippen LogP contribution in [-0.4, -0.2) is 16.1 Å². The van der Waals surface area contributed by atoms with Crippen LogP contribution in [0.4, 0.5) is 0 Å². The molecule has 0 radical (unpaired) electrons. The van der Waals surface area contributed by atoms with Gasteiger partial charge in [0.05, 0.1) is 0 Å². The summed E-state index contributed by atoms with van der Waals surface area (Å²) in [4.78, 5) is 15.9. The molecular formula is C14H12BrNO3S. The minimum atomic E-state index is -1.01. The van der Waals surface area contributed by atoms with E-state index in [4.69, 9.17) is 9.84 Å². The molecule has 2 rings (SSSR count). The summed E-state index contributed by atoms with van der Waals surface area (Å²) in [5.41, 5.74) is 1.32. The van der Waals surface area contributed by atoms with Crippen molar-refractivity contribution in [2.24, 2.45) is 0 Å². The molecule has 4 nitrogen and oxygen atoms in total. The second kappa shape index (κ2) is 6.67. The van der Waals surface area contributed by atoms with E-state index in [0.717, 1.165) is 21.1 Å². The van der Waals surface area contributed by atoms with Crippen LogP contribution in [0.2, 0.25) is 0 Å². The summed E-state index contributed by atoms with van der Waals surface area (Å²) in [6, 6.07) is 5.61. The van der Waals surface area contributed by atoms with Crippen molar-refractivity contribution in [2.45, 2.75) is 13.5 Å². The molecule has 0 aromatic carbocycles. The first kappa shape index (κ1) is 14.7. The van der Waals surface area contributed by atoms with Gasteiger partial charge < -0.3 is 9.84 Å². The van der Waals surface area contributed by atoms with E-state index in [1.54, 1.807) is 17.4 Å². The van der Waals surface area contributed by atoms with Crippen LogP contribution in [-0.2, 0) is 11.4 Å². The average molecular weight is 354 g/mol. The Bertz CT molecular complexity index is 652. The van der Waals surface area contributed by atoms with E-state index in [2.05, 4.69) is 20.9 Å². The third-order valence-electron chi connectivity index (χ3n) is 2.40. The van der Waals surface area contributed by atoms with Crippen LogP contribution in [0.5, 0.6) is 5.75 Å². The van der Waals surface area contributed by atoms with Gasteiger partial charge in [-0.05, 0) is 47.1 Å². The monoisotopic (exact) mass is 353 g/mol. The minimum Gasteiger partial charge on any atom is -0.486 e. The van der Waals surface area contributed by atoms with E-state index in [-0.39, 0.29) is 0 Å². The summed E-state index contributed by atoms with van der Waals surface area (Å²) >= 11 is 4.98. The fourth-order valence-corrected chi connectivity index (χ4v) is 2.90. The van der Waals surface area contributed by atoms with Crippen LogP contribution < -0.4 is 4.74 Å². The number of hydrogen-bond acceptors (Lipinski definition) is 4. The van der Waals surface area contributed by atoms with E-state index in [0.29, 0.717) is 18.1 Å². The fourth-order valence-electron chi connectivity index (χ4n) is 1.53. The zero-order chi connectivity index (χ0) is 14.5. The maximum absolute atomic E-state index is 10.6. The van der Waals surface area contributed by atoms with E-state index in [1.807, 2.05) is 24.4 Å².